The number of hydrogen-bond donors (Lipinski definition) is 0. The van der Waals surface area contributed by atoms with Crippen LogP contribution in [0.3, 0.4) is 0 Å². The van der Waals surface area contributed by atoms with Crippen molar-refractivity contribution in [3.05, 3.63) is 135 Å². The zero-order chi connectivity index (χ0) is 53.4. The number of fused-ring (bicyclic) bond motifs is 5. The van der Waals surface area contributed by atoms with E-state index in [-0.39, 0.29) is 0 Å². The van der Waals surface area contributed by atoms with Crippen molar-refractivity contribution in [2.24, 2.45) is 0 Å². The van der Waals surface area contributed by atoms with E-state index in [2.05, 4.69) is 104 Å². The summed E-state index contributed by atoms with van der Waals surface area (Å²) in [7, 11) is -4.23. The van der Waals surface area contributed by atoms with E-state index in [0.29, 0.717) is 17.1 Å². The van der Waals surface area contributed by atoms with Gasteiger partial charge in [0.05, 0.1) is 0 Å². The quantitative estimate of drug-likeness (QED) is 0.0432. The van der Waals surface area contributed by atoms with Gasteiger partial charge < -0.3 is 26.5 Å². The highest BCUT2D eigenvalue weighted by Crippen LogP contribution is 2.54. The third kappa shape index (κ3) is 14.1. The Labute approximate surface area is 457 Å². The lowest BCUT2D eigenvalue weighted by atomic mass is 9.90. The predicted octanol–water partition coefficient (Wildman–Crippen LogP) is 21.5. The lowest BCUT2D eigenvalue weighted by molar-refractivity contribution is 0.0697. The monoisotopic (exact) mass is 1060 g/mol. The van der Waals surface area contributed by atoms with Crippen LogP contribution in [0.5, 0.6) is 17.2 Å². The molecule has 1 atom stereocenters. The Morgan fingerprint density at radius 3 is 1.22 bits per heavy atom. The molecule has 0 radical (unpaired) electrons. The fraction of sp³-hybridized carbons (Fsp3) is 0.478. The number of aryl methyl sites for hydroxylation is 8. The summed E-state index contributed by atoms with van der Waals surface area (Å²) in [6.07, 6.45) is 24.4. The van der Waals surface area contributed by atoms with Gasteiger partial charge in [0.15, 0.2) is 0 Å². The van der Waals surface area contributed by atoms with Crippen molar-refractivity contribution >= 4 is 55.5 Å². The largest absolute Gasteiger partial charge is 0.532 e. The molecule has 6 aromatic carbocycles. The van der Waals surface area contributed by atoms with Gasteiger partial charge in [0.25, 0.3) is 0 Å². The summed E-state index contributed by atoms with van der Waals surface area (Å²) in [5, 5.41) is 4.19. The first-order chi connectivity index (χ1) is 37.2. The third-order valence-corrected chi connectivity index (χ3v) is 17.0. The molecule has 2 heterocycles. The molecule has 76 heavy (non-hydrogen) atoms. The van der Waals surface area contributed by atoms with E-state index in [0.717, 1.165) is 215 Å². The van der Waals surface area contributed by atoms with Crippen LogP contribution in [0.1, 0.15) is 213 Å². The standard InChI is InChI=1S/C67H86O7P2/c1-9-17-27-47-37-53(31-21-13-5)63(70-75-69-62-46-52-36-26-25-35-51(52)45-61(62)67(68)74-75)57(41-47)58-42-48(28-18-10-2)38-54(32-22-14-6)64(58)71-76-72-65-55(33-23-15-7)39-49(29-19-11-3)43-59(65)60-44-50(30-20-12-4)40-56(34-24-16-8)66(60)73-76/h25-26,35-46H,9-24,27-34H2,1-8H3. The molecule has 1 aliphatic heterocycles. The summed E-state index contributed by atoms with van der Waals surface area (Å²) < 4.78 is 42.5. The molecule has 1 aromatic heterocycles. The molecule has 0 saturated carbocycles. The molecule has 7 nitrogen and oxygen atoms in total. The number of carbonyl (C=O) groups is 1. The van der Waals surface area contributed by atoms with E-state index in [4.69, 9.17) is 26.5 Å². The SMILES string of the molecule is CCCCc1cc(CCCC)c(OP2OC(=O)c3cc4ccccc4cc3O2)c(-c2cc(CCCC)cc(CCCC)c2Op2oc3c(CCCC)cc(CCCC)cc3c3cc(CCCC)cc(CCCC)c3o2)c1. The smallest absolute Gasteiger partial charge is 0.408 e. The highest BCUT2D eigenvalue weighted by atomic mass is 31.2. The third-order valence-electron chi connectivity index (χ3n) is 15.0. The summed E-state index contributed by atoms with van der Waals surface area (Å²) in [4.78, 5) is 14.0. The summed E-state index contributed by atoms with van der Waals surface area (Å²) >= 11 is 0. The minimum absolute atomic E-state index is 0.404. The second-order valence-electron chi connectivity index (χ2n) is 21.3. The Morgan fingerprint density at radius 1 is 0.395 bits per heavy atom. The molecule has 8 rings (SSSR count). The van der Waals surface area contributed by atoms with Gasteiger partial charge in [-0.1, -0.05) is 155 Å². The van der Waals surface area contributed by atoms with Crippen molar-refractivity contribution in [3.63, 3.8) is 0 Å². The van der Waals surface area contributed by atoms with E-state index >= 15 is 0 Å². The molecule has 0 spiro atoms. The molecule has 1 aliphatic rings. The van der Waals surface area contributed by atoms with Gasteiger partial charge in [-0.3, -0.25) is 0 Å². The van der Waals surface area contributed by atoms with Gasteiger partial charge in [-0.25, -0.2) is 4.79 Å². The molecule has 1 unspecified atom stereocenters. The Kier molecular flexibility index (Phi) is 21.3. The Balaban J connectivity index is 1.41. The highest BCUT2D eigenvalue weighted by Gasteiger charge is 2.35. The van der Waals surface area contributed by atoms with Crippen LogP contribution < -0.4 is 13.6 Å². The predicted molar refractivity (Wildman–Crippen MR) is 321 cm³/mol. The summed E-state index contributed by atoms with van der Waals surface area (Å²) in [6.45, 7) is 18.1. The lowest BCUT2D eigenvalue weighted by Crippen LogP contribution is -2.15. The van der Waals surface area contributed by atoms with Gasteiger partial charge in [0, 0.05) is 21.9 Å². The van der Waals surface area contributed by atoms with E-state index in [1.54, 1.807) is 0 Å². The summed E-state index contributed by atoms with van der Waals surface area (Å²) in [6, 6.07) is 30.8. The number of benzene rings is 6. The maximum absolute atomic E-state index is 14.0. The number of carbonyl (C=O) groups excluding carboxylic acids is 1. The molecule has 9 heteroatoms. The van der Waals surface area contributed by atoms with Crippen LogP contribution >= 0.6 is 16.8 Å². The van der Waals surface area contributed by atoms with E-state index in [1.807, 2.05) is 36.4 Å². The molecule has 7 aromatic rings. The van der Waals surface area contributed by atoms with Crippen LogP contribution in [-0.4, -0.2) is 5.97 Å². The zero-order valence-corrected chi connectivity index (χ0v) is 49.1. The number of rotatable bonds is 29. The lowest BCUT2D eigenvalue weighted by Gasteiger charge is -2.26. The Bertz CT molecular complexity index is 3020. The van der Waals surface area contributed by atoms with Crippen LogP contribution in [-0.2, 0) is 55.9 Å². The molecule has 0 bridgehead atoms. The van der Waals surface area contributed by atoms with Gasteiger partial charge in [-0.05, 0) is 194 Å². The van der Waals surface area contributed by atoms with Crippen LogP contribution in [0, 0.1) is 0 Å². The maximum Gasteiger partial charge on any atom is 0.532 e. The Morgan fingerprint density at radius 2 is 0.776 bits per heavy atom. The minimum Gasteiger partial charge on any atom is -0.408 e. The average molecular weight is 1070 g/mol. The van der Waals surface area contributed by atoms with Crippen LogP contribution in [0.25, 0.3) is 43.8 Å². The molecule has 0 fully saturated rings. The first-order valence-electron chi connectivity index (χ1n) is 29.6. The molecule has 0 aliphatic carbocycles. The van der Waals surface area contributed by atoms with Gasteiger partial charge in [-0.15, -0.1) is 0 Å². The fourth-order valence-corrected chi connectivity index (χ4v) is 12.9. The average Bonchev–Trinajstić information content (AvgIpc) is 3.63. The zero-order valence-electron chi connectivity index (χ0n) is 47.3. The highest BCUT2D eigenvalue weighted by molar-refractivity contribution is 7.43. The second-order valence-corrected chi connectivity index (χ2v) is 23.3. The summed E-state index contributed by atoms with van der Waals surface area (Å²) in [5.41, 5.74) is 13.9. The van der Waals surface area contributed by atoms with E-state index < -0.39 is 22.8 Å². The first-order valence-corrected chi connectivity index (χ1v) is 31.8. The first kappa shape index (κ1) is 57.0. The molecular weight excluding hydrogens is 979 g/mol. The number of hydrogen-bond acceptors (Lipinski definition) is 7. The van der Waals surface area contributed by atoms with Gasteiger partial charge >= 0.3 is 22.8 Å². The van der Waals surface area contributed by atoms with Crippen molar-refractivity contribution < 1.29 is 31.3 Å². The molecule has 406 valence electrons. The van der Waals surface area contributed by atoms with Crippen LogP contribution in [0.2, 0.25) is 0 Å². The van der Waals surface area contributed by atoms with Gasteiger partial charge in [0.2, 0.25) is 0 Å². The van der Waals surface area contributed by atoms with Crippen molar-refractivity contribution in [1.29, 1.82) is 0 Å². The van der Waals surface area contributed by atoms with Crippen LogP contribution in [0.15, 0.2) is 93.3 Å². The van der Waals surface area contributed by atoms with Gasteiger partial charge in [-0.2, -0.15) is 0 Å². The second kappa shape index (κ2) is 28.4. The topological polar surface area (TPSA) is 80.3 Å². The maximum atomic E-state index is 14.0. The Hall–Kier alpha value is -5.22. The molecule has 0 amide bonds. The van der Waals surface area contributed by atoms with Crippen LogP contribution in [0.4, 0.5) is 0 Å². The molecular formula is C67H86O7P2. The van der Waals surface area contributed by atoms with Crippen molar-refractivity contribution in [3.8, 4) is 28.4 Å². The normalized spacial score (nSPS) is 13.3. The van der Waals surface area contributed by atoms with E-state index in [9.17, 15) is 4.79 Å². The van der Waals surface area contributed by atoms with Crippen molar-refractivity contribution in [1.82, 2.24) is 0 Å². The van der Waals surface area contributed by atoms with Gasteiger partial charge in [0.1, 0.15) is 34.0 Å². The molecule has 0 N–H and O–H groups in total. The summed E-state index contributed by atoms with van der Waals surface area (Å²) in [5.74, 6) is 1.46. The van der Waals surface area contributed by atoms with Crippen molar-refractivity contribution in [2.45, 2.75) is 209 Å². The van der Waals surface area contributed by atoms with E-state index in [1.165, 1.54) is 33.4 Å². The minimum atomic E-state index is -2.18. The molecule has 0 saturated heterocycles. The van der Waals surface area contributed by atoms with Crippen molar-refractivity contribution in [2.75, 3.05) is 0 Å². The fourth-order valence-electron chi connectivity index (χ4n) is 10.6. The number of unbranched alkanes of at least 4 members (excludes halogenated alkanes) is 8.